The Morgan fingerprint density at radius 3 is 2.90 bits per heavy atom. The second-order valence-electron chi connectivity index (χ2n) is 8.10. The van der Waals surface area contributed by atoms with E-state index < -0.39 is 0 Å². The number of ether oxygens (including phenoxy) is 1. The summed E-state index contributed by atoms with van der Waals surface area (Å²) in [7, 11) is 0. The molecule has 1 N–H and O–H groups in total. The van der Waals surface area contributed by atoms with Crippen LogP contribution in [0.4, 0.5) is 5.82 Å². The molecule has 1 aromatic heterocycles. The predicted molar refractivity (Wildman–Crippen MR) is 114 cm³/mol. The van der Waals surface area contributed by atoms with Gasteiger partial charge in [-0.2, -0.15) is 5.10 Å². The molecule has 0 bridgehead atoms. The lowest BCUT2D eigenvalue weighted by Crippen LogP contribution is -2.30. The minimum atomic E-state index is 0.0294. The minimum absolute atomic E-state index is 0.0294. The van der Waals surface area contributed by atoms with Gasteiger partial charge in [-0.1, -0.05) is 18.6 Å². The third-order valence-electron chi connectivity index (χ3n) is 6.04. The van der Waals surface area contributed by atoms with E-state index in [1.165, 1.54) is 45.3 Å². The van der Waals surface area contributed by atoms with Crippen LogP contribution < -0.4 is 10.1 Å². The number of aryl methyl sites for hydroxylation is 1. The maximum Gasteiger partial charge on any atom is 0.226 e. The number of carbonyl (C=O) groups excluding carboxylic acids is 1. The van der Waals surface area contributed by atoms with Gasteiger partial charge >= 0.3 is 0 Å². The van der Waals surface area contributed by atoms with Gasteiger partial charge in [0, 0.05) is 24.4 Å². The Labute approximate surface area is 173 Å². The van der Waals surface area contributed by atoms with Gasteiger partial charge in [0.1, 0.15) is 11.6 Å². The zero-order valence-corrected chi connectivity index (χ0v) is 17.4. The van der Waals surface area contributed by atoms with Crippen LogP contribution in [0, 0.1) is 0 Å². The number of piperidine rings is 1. The first kappa shape index (κ1) is 20.0. The van der Waals surface area contributed by atoms with E-state index in [9.17, 15) is 4.79 Å². The van der Waals surface area contributed by atoms with Gasteiger partial charge in [-0.3, -0.25) is 4.79 Å². The van der Waals surface area contributed by atoms with E-state index in [4.69, 9.17) is 4.74 Å². The first-order valence-corrected chi connectivity index (χ1v) is 11.0. The number of nitrogens with zero attached hydrogens (tertiary/aromatic N) is 3. The molecule has 1 amide bonds. The van der Waals surface area contributed by atoms with E-state index in [1.54, 1.807) is 0 Å². The minimum Gasteiger partial charge on any atom is -0.494 e. The van der Waals surface area contributed by atoms with Gasteiger partial charge < -0.3 is 15.0 Å². The van der Waals surface area contributed by atoms with Gasteiger partial charge in [-0.25, -0.2) is 4.68 Å². The van der Waals surface area contributed by atoms with Crippen molar-refractivity contribution in [2.24, 2.45) is 0 Å². The Morgan fingerprint density at radius 2 is 2.07 bits per heavy atom. The van der Waals surface area contributed by atoms with Gasteiger partial charge in [-0.05, 0) is 69.9 Å². The average Bonchev–Trinajstić information content (AvgIpc) is 3.16. The number of nitrogens with one attached hydrogen (secondary N) is 1. The summed E-state index contributed by atoms with van der Waals surface area (Å²) in [6.45, 7) is 7.21. The van der Waals surface area contributed by atoms with E-state index in [2.05, 4.69) is 27.4 Å². The molecule has 29 heavy (non-hydrogen) atoms. The maximum atomic E-state index is 12.2. The number of likely N-dealkylation sites (tertiary alicyclic amines) is 1. The Balaban J connectivity index is 1.34. The summed E-state index contributed by atoms with van der Waals surface area (Å²) in [6.07, 6.45) is 8.67. The number of unbranched alkanes of at least 4 members (excludes halogenated alkanes) is 1. The molecule has 0 aliphatic carbocycles. The molecule has 6 heteroatoms. The van der Waals surface area contributed by atoms with Crippen LogP contribution >= 0.6 is 0 Å². The van der Waals surface area contributed by atoms with Gasteiger partial charge in [-0.15, -0.1) is 0 Å². The first-order chi connectivity index (χ1) is 14.2. The van der Waals surface area contributed by atoms with Crippen LogP contribution in [-0.4, -0.2) is 46.8 Å². The number of carbonyl (C=O) groups is 1. The summed E-state index contributed by atoms with van der Waals surface area (Å²) in [5.41, 5.74) is 2.20. The molecule has 1 saturated heterocycles. The van der Waals surface area contributed by atoms with Crippen LogP contribution in [0.2, 0.25) is 0 Å². The van der Waals surface area contributed by atoms with Gasteiger partial charge in [0.25, 0.3) is 0 Å². The Kier molecular flexibility index (Phi) is 6.49. The van der Waals surface area contributed by atoms with Crippen LogP contribution in [0.15, 0.2) is 30.5 Å². The van der Waals surface area contributed by atoms with Crippen molar-refractivity contribution < 1.29 is 9.53 Å². The third-order valence-corrected chi connectivity index (χ3v) is 6.04. The fraction of sp³-hybridized carbons (Fsp3) is 0.565. The molecular weight excluding hydrogens is 364 g/mol. The fourth-order valence-corrected chi connectivity index (χ4v) is 4.44. The zero-order valence-electron chi connectivity index (χ0n) is 17.4. The average molecular weight is 397 g/mol. The monoisotopic (exact) mass is 396 g/mol. The van der Waals surface area contributed by atoms with Gasteiger partial charge in [0.2, 0.25) is 5.91 Å². The molecule has 2 aliphatic heterocycles. The van der Waals surface area contributed by atoms with Crippen LogP contribution in [0.1, 0.15) is 62.5 Å². The molecule has 2 aliphatic rings. The first-order valence-electron chi connectivity index (χ1n) is 11.0. The van der Waals surface area contributed by atoms with E-state index in [0.29, 0.717) is 6.42 Å². The normalized spacial score (nSPS) is 19.6. The summed E-state index contributed by atoms with van der Waals surface area (Å²) >= 11 is 0. The lowest BCUT2D eigenvalue weighted by Gasteiger charge is -2.26. The molecule has 1 unspecified atom stereocenters. The quantitative estimate of drug-likeness (QED) is 0.685. The fourth-order valence-electron chi connectivity index (χ4n) is 4.44. The van der Waals surface area contributed by atoms with Crippen molar-refractivity contribution in [2.45, 2.75) is 57.9 Å². The number of fused-ring (bicyclic) bond motifs is 1. The SMILES string of the molecule is CCn1ncc2c1NC(=O)CC2c1cccc(OCCCCN2CCCCC2)c1. The van der Waals surface area contributed by atoms with E-state index in [0.717, 1.165) is 42.3 Å². The molecule has 2 aromatic rings. The zero-order chi connectivity index (χ0) is 20.1. The highest BCUT2D eigenvalue weighted by atomic mass is 16.5. The Bertz CT molecular complexity index is 826. The Morgan fingerprint density at radius 1 is 1.21 bits per heavy atom. The second kappa shape index (κ2) is 9.44. The molecule has 6 nitrogen and oxygen atoms in total. The largest absolute Gasteiger partial charge is 0.494 e. The predicted octanol–water partition coefficient (Wildman–Crippen LogP) is 4.02. The van der Waals surface area contributed by atoms with Gasteiger partial charge in [0.05, 0.1) is 12.8 Å². The third kappa shape index (κ3) is 4.81. The molecule has 0 spiro atoms. The summed E-state index contributed by atoms with van der Waals surface area (Å²) in [5.74, 6) is 1.79. The lowest BCUT2D eigenvalue weighted by molar-refractivity contribution is -0.116. The van der Waals surface area contributed by atoms with Crippen molar-refractivity contribution in [1.29, 1.82) is 0 Å². The molecule has 0 saturated carbocycles. The van der Waals surface area contributed by atoms with E-state index >= 15 is 0 Å². The van der Waals surface area contributed by atoms with Crippen molar-refractivity contribution >= 4 is 11.7 Å². The van der Waals surface area contributed by atoms with E-state index in [-0.39, 0.29) is 11.8 Å². The highest BCUT2D eigenvalue weighted by molar-refractivity contribution is 5.94. The molecule has 1 atom stereocenters. The number of anilines is 1. The molecule has 1 aromatic carbocycles. The summed E-state index contributed by atoms with van der Waals surface area (Å²) in [4.78, 5) is 14.8. The summed E-state index contributed by atoms with van der Waals surface area (Å²) < 4.78 is 7.88. The maximum absolute atomic E-state index is 12.2. The van der Waals surface area contributed by atoms with Crippen molar-refractivity contribution in [2.75, 3.05) is 31.6 Å². The number of hydrogen-bond acceptors (Lipinski definition) is 4. The van der Waals surface area contributed by atoms with Crippen molar-refractivity contribution in [3.8, 4) is 5.75 Å². The molecule has 4 rings (SSSR count). The second-order valence-corrected chi connectivity index (χ2v) is 8.10. The van der Waals surface area contributed by atoms with Crippen molar-refractivity contribution in [3.05, 3.63) is 41.6 Å². The molecule has 1 fully saturated rings. The van der Waals surface area contributed by atoms with Gasteiger partial charge in [0.15, 0.2) is 0 Å². The van der Waals surface area contributed by atoms with Crippen LogP contribution in [0.3, 0.4) is 0 Å². The highest BCUT2D eigenvalue weighted by Crippen LogP contribution is 2.37. The highest BCUT2D eigenvalue weighted by Gasteiger charge is 2.29. The number of rotatable bonds is 8. The molecule has 0 radical (unpaired) electrons. The molecular formula is C23H32N4O2. The number of hydrogen-bond donors (Lipinski definition) is 1. The van der Waals surface area contributed by atoms with Crippen LogP contribution in [-0.2, 0) is 11.3 Å². The summed E-state index contributed by atoms with van der Waals surface area (Å²) in [5, 5.41) is 7.40. The van der Waals surface area contributed by atoms with Crippen LogP contribution in [0.5, 0.6) is 5.75 Å². The smallest absolute Gasteiger partial charge is 0.226 e. The molecule has 156 valence electrons. The Hall–Kier alpha value is -2.34. The molecule has 3 heterocycles. The van der Waals surface area contributed by atoms with Crippen molar-refractivity contribution in [1.82, 2.24) is 14.7 Å². The standard InChI is InChI=1S/C23H32N4O2/c1-2-27-23-21(17-24-27)20(16-22(28)25-23)18-9-8-10-19(15-18)29-14-7-6-13-26-11-4-3-5-12-26/h8-10,15,17,20H,2-7,11-14,16H2,1H3,(H,25,28). The number of aromatic nitrogens is 2. The number of benzene rings is 1. The summed E-state index contributed by atoms with van der Waals surface area (Å²) in [6, 6.07) is 8.20. The topological polar surface area (TPSA) is 59.4 Å². The van der Waals surface area contributed by atoms with Crippen LogP contribution in [0.25, 0.3) is 0 Å². The van der Waals surface area contributed by atoms with Crippen molar-refractivity contribution in [3.63, 3.8) is 0 Å². The number of amides is 1. The lowest BCUT2D eigenvalue weighted by atomic mass is 9.87. The van der Waals surface area contributed by atoms with E-state index in [1.807, 2.05) is 29.9 Å².